The molecule has 2 aromatic rings. The van der Waals surface area contributed by atoms with Crippen LogP contribution in [0.5, 0.6) is 0 Å². The van der Waals surface area contributed by atoms with Crippen molar-refractivity contribution in [1.29, 1.82) is 0 Å². The first kappa shape index (κ1) is 23.8. The smallest absolute Gasteiger partial charge is 0.435 e. The fraction of sp³-hybridized carbons (Fsp3) is 0.560. The Balaban J connectivity index is 1.35. The van der Waals surface area contributed by atoms with Gasteiger partial charge in [-0.05, 0) is 68.1 Å². The molecule has 3 fully saturated rings. The van der Waals surface area contributed by atoms with Gasteiger partial charge in [-0.2, -0.15) is 18.3 Å². The third-order valence-corrected chi connectivity index (χ3v) is 8.39. The van der Waals surface area contributed by atoms with E-state index in [2.05, 4.69) is 5.10 Å². The van der Waals surface area contributed by atoms with Gasteiger partial charge in [-0.25, -0.2) is 4.39 Å². The number of fused-ring (bicyclic) bond motifs is 4. The third-order valence-electron chi connectivity index (χ3n) is 8.39. The Bertz CT molecular complexity index is 1130. The topological polar surface area (TPSA) is 75.4 Å². The summed E-state index contributed by atoms with van der Waals surface area (Å²) in [6.45, 7) is 0.266. The predicted octanol–water partition coefficient (Wildman–Crippen LogP) is 4.79. The van der Waals surface area contributed by atoms with Crippen molar-refractivity contribution in [1.82, 2.24) is 14.7 Å². The Morgan fingerprint density at radius 3 is 2.23 bits per heavy atom. The average molecular weight is 494 g/mol. The first-order valence-electron chi connectivity index (χ1n) is 11.9. The van der Waals surface area contributed by atoms with E-state index in [0.717, 1.165) is 0 Å². The van der Waals surface area contributed by atoms with Crippen molar-refractivity contribution in [2.24, 2.45) is 10.8 Å². The highest BCUT2D eigenvalue weighted by atomic mass is 19.4. The number of amides is 1. The summed E-state index contributed by atoms with van der Waals surface area (Å²) in [5, 5.41) is 13.5. The molecule has 2 heterocycles. The van der Waals surface area contributed by atoms with Gasteiger partial charge in [0.2, 0.25) is 5.91 Å². The van der Waals surface area contributed by atoms with Crippen molar-refractivity contribution in [3.63, 3.8) is 0 Å². The Hall–Kier alpha value is -2.91. The first-order chi connectivity index (χ1) is 16.5. The van der Waals surface area contributed by atoms with Crippen LogP contribution in [-0.4, -0.2) is 38.2 Å². The van der Waals surface area contributed by atoms with Crippen LogP contribution in [0, 0.1) is 16.6 Å². The molecule has 3 saturated carbocycles. The number of alkyl halides is 3. The van der Waals surface area contributed by atoms with E-state index in [9.17, 15) is 32.3 Å². The number of aliphatic carboxylic acids is 1. The van der Waals surface area contributed by atoms with Crippen LogP contribution in [0.1, 0.15) is 67.5 Å². The van der Waals surface area contributed by atoms with Gasteiger partial charge in [0, 0.05) is 18.5 Å². The lowest BCUT2D eigenvalue weighted by atomic mass is 9.53. The van der Waals surface area contributed by atoms with Crippen LogP contribution in [0.15, 0.2) is 24.3 Å². The maximum Gasteiger partial charge on any atom is 0.435 e. The molecule has 2 bridgehead atoms. The van der Waals surface area contributed by atoms with Gasteiger partial charge < -0.3 is 10.0 Å². The zero-order valence-electron chi connectivity index (χ0n) is 19.2. The number of carboxylic acids is 1. The number of hydrogen-bond acceptors (Lipinski definition) is 3. The fourth-order valence-corrected chi connectivity index (χ4v) is 6.10. The van der Waals surface area contributed by atoms with E-state index in [-0.39, 0.29) is 49.4 Å². The molecule has 6 nitrogen and oxygen atoms in total. The molecule has 1 amide bonds. The summed E-state index contributed by atoms with van der Waals surface area (Å²) in [5.41, 5.74) is -0.727. The second kappa shape index (κ2) is 8.34. The van der Waals surface area contributed by atoms with Gasteiger partial charge >= 0.3 is 12.1 Å². The SMILES string of the molecule is O=C(CC12CCC(C(=O)O)(CC1)CC2)N1CCc2c(C(F)(F)F)nn(Cc3ccc(F)cc3)c2C1. The summed E-state index contributed by atoms with van der Waals surface area (Å²) in [4.78, 5) is 26.6. The average Bonchev–Trinajstić information content (AvgIpc) is 3.19. The molecule has 1 aromatic carbocycles. The molecule has 1 aromatic heterocycles. The van der Waals surface area contributed by atoms with Gasteiger partial charge in [-0.3, -0.25) is 14.3 Å². The maximum absolute atomic E-state index is 13.7. The molecule has 6 rings (SSSR count). The molecule has 3 aliphatic carbocycles. The molecule has 0 saturated heterocycles. The minimum Gasteiger partial charge on any atom is -0.481 e. The summed E-state index contributed by atoms with van der Waals surface area (Å²) in [6, 6.07) is 5.51. The molecule has 188 valence electrons. The van der Waals surface area contributed by atoms with Gasteiger partial charge in [0.25, 0.3) is 0 Å². The first-order valence-corrected chi connectivity index (χ1v) is 11.9. The molecule has 0 unspecified atom stereocenters. The van der Waals surface area contributed by atoms with Crippen LogP contribution in [0.25, 0.3) is 0 Å². The number of carbonyl (C=O) groups is 2. The quantitative estimate of drug-likeness (QED) is 0.608. The second-order valence-corrected chi connectivity index (χ2v) is 10.4. The van der Waals surface area contributed by atoms with Crippen molar-refractivity contribution >= 4 is 11.9 Å². The molecule has 10 heteroatoms. The van der Waals surface area contributed by atoms with Crippen molar-refractivity contribution in [3.8, 4) is 0 Å². The number of rotatable bonds is 5. The van der Waals surface area contributed by atoms with Crippen LogP contribution in [0.3, 0.4) is 0 Å². The lowest BCUT2D eigenvalue weighted by molar-refractivity contribution is -0.160. The summed E-state index contributed by atoms with van der Waals surface area (Å²) in [5.74, 6) is -1.30. The fourth-order valence-electron chi connectivity index (χ4n) is 6.10. The normalized spacial score (nSPS) is 26.0. The van der Waals surface area contributed by atoms with E-state index in [0.29, 0.717) is 49.8 Å². The number of halogens is 4. The lowest BCUT2D eigenvalue weighted by Gasteiger charge is -2.51. The number of nitrogens with zero attached hydrogens (tertiary/aromatic N) is 3. The second-order valence-electron chi connectivity index (χ2n) is 10.4. The highest BCUT2D eigenvalue weighted by Gasteiger charge is 2.53. The predicted molar refractivity (Wildman–Crippen MR) is 117 cm³/mol. The summed E-state index contributed by atoms with van der Waals surface area (Å²) in [7, 11) is 0. The number of carboxylic acid groups (broad SMARTS) is 1. The van der Waals surface area contributed by atoms with Gasteiger partial charge in [0.1, 0.15) is 5.82 Å². The largest absolute Gasteiger partial charge is 0.481 e. The van der Waals surface area contributed by atoms with Gasteiger partial charge in [0.05, 0.1) is 24.2 Å². The minimum atomic E-state index is -4.61. The molecule has 0 spiro atoms. The molecular weight excluding hydrogens is 466 g/mol. The summed E-state index contributed by atoms with van der Waals surface area (Å²) >= 11 is 0. The van der Waals surface area contributed by atoms with Crippen LogP contribution in [0.2, 0.25) is 0 Å². The van der Waals surface area contributed by atoms with Crippen LogP contribution >= 0.6 is 0 Å². The number of benzene rings is 1. The molecular formula is C25H27F4N3O3. The van der Waals surface area contributed by atoms with E-state index in [1.165, 1.54) is 28.9 Å². The Morgan fingerprint density at radius 1 is 1.03 bits per heavy atom. The van der Waals surface area contributed by atoms with Crippen LogP contribution in [-0.2, 0) is 35.3 Å². The lowest BCUT2D eigenvalue weighted by Crippen LogP contribution is -2.48. The van der Waals surface area contributed by atoms with E-state index >= 15 is 0 Å². The van der Waals surface area contributed by atoms with Gasteiger partial charge in [-0.1, -0.05) is 12.1 Å². The third kappa shape index (κ3) is 4.31. The minimum absolute atomic E-state index is 0.0353. The van der Waals surface area contributed by atoms with Crippen LogP contribution < -0.4 is 0 Å². The molecule has 1 N–H and O–H groups in total. The Labute approximate surface area is 199 Å². The van der Waals surface area contributed by atoms with Crippen LogP contribution in [0.4, 0.5) is 17.6 Å². The van der Waals surface area contributed by atoms with E-state index < -0.39 is 29.1 Å². The van der Waals surface area contributed by atoms with Crippen molar-refractivity contribution < 1.29 is 32.3 Å². The number of hydrogen-bond donors (Lipinski definition) is 1. The molecule has 0 atom stereocenters. The van der Waals surface area contributed by atoms with Gasteiger partial charge in [-0.15, -0.1) is 0 Å². The number of carbonyl (C=O) groups excluding carboxylic acids is 1. The van der Waals surface area contributed by atoms with Crippen molar-refractivity contribution in [2.45, 2.75) is 70.6 Å². The molecule has 1 aliphatic heterocycles. The van der Waals surface area contributed by atoms with Crippen molar-refractivity contribution in [2.75, 3.05) is 6.54 Å². The van der Waals surface area contributed by atoms with Crippen molar-refractivity contribution in [3.05, 3.63) is 52.6 Å². The molecule has 0 radical (unpaired) electrons. The standard InChI is InChI=1S/C25H27F4N3O3/c26-17-3-1-16(2-4-17)14-32-19-15-31(12-5-18(19)21(30-32)25(27,28)29)20(33)13-23-6-9-24(10-7-23,11-8-23)22(34)35/h1-4H,5-15H2,(H,34,35). The zero-order valence-corrected chi connectivity index (χ0v) is 19.2. The molecule has 35 heavy (non-hydrogen) atoms. The summed E-state index contributed by atoms with van der Waals surface area (Å²) in [6.07, 6.45) is -0.493. The van der Waals surface area contributed by atoms with E-state index in [1.807, 2.05) is 0 Å². The number of aromatic nitrogens is 2. The van der Waals surface area contributed by atoms with E-state index in [1.54, 1.807) is 4.90 Å². The summed E-state index contributed by atoms with van der Waals surface area (Å²) < 4.78 is 55.6. The van der Waals surface area contributed by atoms with E-state index in [4.69, 9.17) is 0 Å². The highest BCUT2D eigenvalue weighted by molar-refractivity contribution is 5.78. The Morgan fingerprint density at radius 2 is 1.66 bits per heavy atom. The highest BCUT2D eigenvalue weighted by Crippen LogP contribution is 2.58. The zero-order chi connectivity index (χ0) is 25.0. The molecule has 4 aliphatic rings. The maximum atomic E-state index is 13.7. The van der Waals surface area contributed by atoms with Gasteiger partial charge in [0.15, 0.2) is 5.69 Å². The Kier molecular flexibility index (Phi) is 5.68. The monoisotopic (exact) mass is 493 g/mol.